The van der Waals surface area contributed by atoms with Gasteiger partial charge < -0.3 is 5.73 Å². The van der Waals surface area contributed by atoms with Gasteiger partial charge in [-0.2, -0.15) is 4.80 Å². The first-order valence-electron chi connectivity index (χ1n) is 4.98. The number of anilines is 2. The van der Waals surface area contributed by atoms with E-state index in [0.717, 1.165) is 5.56 Å². The Morgan fingerprint density at radius 2 is 2.24 bits per heavy atom. The van der Waals surface area contributed by atoms with Gasteiger partial charge in [-0.25, -0.2) is 0 Å². The fourth-order valence-electron chi connectivity index (χ4n) is 1.38. The van der Waals surface area contributed by atoms with E-state index in [0.29, 0.717) is 11.3 Å². The SMILES string of the molecule is Cc1cccc(C(=O)Nc2nnn(C)n2)c1N. The molecule has 0 aliphatic heterocycles. The van der Waals surface area contributed by atoms with Crippen molar-refractivity contribution in [3.8, 4) is 0 Å². The van der Waals surface area contributed by atoms with Crippen molar-refractivity contribution in [2.45, 2.75) is 6.92 Å². The number of aromatic nitrogens is 4. The molecule has 1 amide bonds. The maximum atomic E-state index is 11.9. The van der Waals surface area contributed by atoms with Crippen LogP contribution in [0.4, 0.5) is 11.6 Å². The van der Waals surface area contributed by atoms with Crippen molar-refractivity contribution in [2.24, 2.45) is 7.05 Å². The second kappa shape index (κ2) is 4.20. The highest BCUT2D eigenvalue weighted by Crippen LogP contribution is 2.17. The molecule has 0 saturated carbocycles. The summed E-state index contributed by atoms with van der Waals surface area (Å²) < 4.78 is 0. The van der Waals surface area contributed by atoms with Gasteiger partial charge >= 0.3 is 0 Å². The number of nitrogens with two attached hydrogens (primary N) is 1. The van der Waals surface area contributed by atoms with E-state index in [1.807, 2.05) is 13.0 Å². The topological polar surface area (TPSA) is 98.7 Å². The fourth-order valence-corrected chi connectivity index (χ4v) is 1.38. The van der Waals surface area contributed by atoms with Crippen molar-refractivity contribution in [2.75, 3.05) is 11.1 Å². The molecule has 2 rings (SSSR count). The molecule has 7 heteroatoms. The number of nitrogen functional groups attached to an aromatic ring is 1. The van der Waals surface area contributed by atoms with Crippen LogP contribution in [0.1, 0.15) is 15.9 Å². The van der Waals surface area contributed by atoms with E-state index in [4.69, 9.17) is 5.73 Å². The second-order valence-corrected chi connectivity index (χ2v) is 3.59. The van der Waals surface area contributed by atoms with Gasteiger partial charge in [0.05, 0.1) is 12.6 Å². The van der Waals surface area contributed by atoms with Crippen LogP contribution >= 0.6 is 0 Å². The summed E-state index contributed by atoms with van der Waals surface area (Å²) in [5.74, 6) is -0.197. The lowest BCUT2D eigenvalue weighted by Crippen LogP contribution is -2.15. The van der Waals surface area contributed by atoms with Crippen LogP contribution in [-0.2, 0) is 7.05 Å². The predicted octanol–water partition coefficient (Wildman–Crippen LogP) is 0.353. The van der Waals surface area contributed by atoms with Crippen molar-refractivity contribution in [3.05, 3.63) is 29.3 Å². The summed E-state index contributed by atoms with van der Waals surface area (Å²) in [5, 5.41) is 13.6. The molecule has 0 aliphatic rings. The maximum Gasteiger partial charge on any atom is 0.270 e. The average molecular weight is 232 g/mol. The van der Waals surface area contributed by atoms with Gasteiger partial charge in [-0.3, -0.25) is 10.1 Å². The third kappa shape index (κ3) is 2.22. The zero-order valence-corrected chi connectivity index (χ0v) is 9.51. The van der Waals surface area contributed by atoms with E-state index in [1.54, 1.807) is 19.2 Å². The third-order valence-corrected chi connectivity index (χ3v) is 2.30. The average Bonchev–Trinajstić information content (AvgIpc) is 2.68. The lowest BCUT2D eigenvalue weighted by atomic mass is 10.1. The number of hydrogen-bond donors (Lipinski definition) is 2. The smallest absolute Gasteiger partial charge is 0.270 e. The molecule has 0 saturated heterocycles. The van der Waals surface area contributed by atoms with Gasteiger partial charge in [0, 0.05) is 5.69 Å². The lowest BCUT2D eigenvalue weighted by Gasteiger charge is -2.06. The molecule has 0 atom stereocenters. The van der Waals surface area contributed by atoms with Crippen molar-refractivity contribution in [3.63, 3.8) is 0 Å². The summed E-state index contributed by atoms with van der Waals surface area (Å²) >= 11 is 0. The summed E-state index contributed by atoms with van der Waals surface area (Å²) in [6, 6.07) is 5.26. The number of nitrogens with zero attached hydrogens (tertiary/aromatic N) is 4. The summed E-state index contributed by atoms with van der Waals surface area (Å²) in [6.07, 6.45) is 0. The highest BCUT2D eigenvalue weighted by atomic mass is 16.1. The number of carbonyl (C=O) groups is 1. The van der Waals surface area contributed by atoms with Crippen molar-refractivity contribution >= 4 is 17.5 Å². The molecule has 0 unspecified atom stereocenters. The number of rotatable bonds is 2. The summed E-state index contributed by atoms with van der Waals surface area (Å²) in [7, 11) is 1.61. The van der Waals surface area contributed by atoms with Crippen LogP contribution in [0.25, 0.3) is 0 Å². The number of aryl methyl sites for hydroxylation is 2. The summed E-state index contributed by atoms with van der Waals surface area (Å²) in [4.78, 5) is 13.1. The Labute approximate surface area is 97.6 Å². The first-order valence-corrected chi connectivity index (χ1v) is 4.98. The highest BCUT2D eigenvalue weighted by Gasteiger charge is 2.13. The second-order valence-electron chi connectivity index (χ2n) is 3.59. The number of para-hydroxylation sites is 1. The highest BCUT2D eigenvalue weighted by molar-refractivity contribution is 6.07. The van der Waals surface area contributed by atoms with Crippen LogP contribution in [0.15, 0.2) is 18.2 Å². The lowest BCUT2D eigenvalue weighted by molar-refractivity contribution is 0.102. The molecule has 0 fully saturated rings. The van der Waals surface area contributed by atoms with Crippen LogP contribution in [0.3, 0.4) is 0 Å². The maximum absolute atomic E-state index is 11.9. The molecule has 3 N–H and O–H groups in total. The normalized spacial score (nSPS) is 10.2. The Morgan fingerprint density at radius 3 is 2.88 bits per heavy atom. The molecule has 1 heterocycles. The van der Waals surface area contributed by atoms with Crippen LogP contribution in [0, 0.1) is 6.92 Å². The Morgan fingerprint density at radius 1 is 1.47 bits per heavy atom. The van der Waals surface area contributed by atoms with Crippen molar-refractivity contribution in [1.29, 1.82) is 0 Å². The summed E-state index contributed by atoms with van der Waals surface area (Å²) in [6.45, 7) is 1.84. The minimum absolute atomic E-state index is 0.151. The zero-order valence-electron chi connectivity index (χ0n) is 9.51. The van der Waals surface area contributed by atoms with Gasteiger partial charge in [0.15, 0.2) is 0 Å². The van der Waals surface area contributed by atoms with Crippen LogP contribution < -0.4 is 11.1 Å². The first-order chi connectivity index (χ1) is 8.08. The first kappa shape index (κ1) is 11.1. The third-order valence-electron chi connectivity index (χ3n) is 2.30. The van der Waals surface area contributed by atoms with E-state index in [1.165, 1.54) is 4.80 Å². The van der Waals surface area contributed by atoms with Crippen LogP contribution in [0.2, 0.25) is 0 Å². The van der Waals surface area contributed by atoms with E-state index in [2.05, 4.69) is 20.7 Å². The summed E-state index contributed by atoms with van der Waals surface area (Å²) in [5.41, 5.74) is 7.52. The Kier molecular flexibility index (Phi) is 2.73. The van der Waals surface area contributed by atoms with Gasteiger partial charge in [0.25, 0.3) is 11.9 Å². The number of hydrogen-bond acceptors (Lipinski definition) is 5. The molecule has 2 aromatic rings. The van der Waals surface area contributed by atoms with Crippen molar-refractivity contribution in [1.82, 2.24) is 20.2 Å². The number of nitrogens with one attached hydrogen (secondary N) is 1. The standard InChI is InChI=1S/C10H12N6O/c1-6-4-3-5-7(8(6)11)9(17)12-10-13-15-16(2)14-10/h3-5H,11H2,1-2H3,(H,12,14,17). The number of amides is 1. The molecule has 1 aromatic carbocycles. The molecule has 1 aromatic heterocycles. The number of benzene rings is 1. The van der Waals surface area contributed by atoms with E-state index >= 15 is 0 Å². The molecular weight excluding hydrogens is 220 g/mol. The van der Waals surface area contributed by atoms with Crippen molar-refractivity contribution < 1.29 is 4.79 Å². The van der Waals surface area contributed by atoms with Gasteiger partial charge in [-0.15, -0.1) is 5.10 Å². The minimum Gasteiger partial charge on any atom is -0.398 e. The number of carbonyl (C=O) groups excluding carboxylic acids is 1. The Balaban J connectivity index is 2.23. The van der Waals surface area contributed by atoms with Gasteiger partial charge in [-0.1, -0.05) is 17.2 Å². The fraction of sp³-hybridized carbons (Fsp3) is 0.200. The van der Waals surface area contributed by atoms with Gasteiger partial charge in [0.2, 0.25) is 0 Å². The molecule has 7 nitrogen and oxygen atoms in total. The molecule has 0 aliphatic carbocycles. The van der Waals surface area contributed by atoms with Crippen LogP contribution in [-0.4, -0.2) is 26.1 Å². The molecule has 0 spiro atoms. The zero-order chi connectivity index (χ0) is 12.4. The Bertz CT molecular complexity index is 562. The van der Waals surface area contributed by atoms with E-state index < -0.39 is 0 Å². The molecular formula is C10H12N6O. The van der Waals surface area contributed by atoms with E-state index in [-0.39, 0.29) is 11.9 Å². The van der Waals surface area contributed by atoms with E-state index in [9.17, 15) is 4.79 Å². The number of tetrazole rings is 1. The monoisotopic (exact) mass is 232 g/mol. The molecule has 0 bridgehead atoms. The predicted molar refractivity (Wildman–Crippen MR) is 62.3 cm³/mol. The van der Waals surface area contributed by atoms with Gasteiger partial charge in [-0.05, 0) is 23.8 Å². The Hall–Kier alpha value is -2.44. The molecule has 17 heavy (non-hydrogen) atoms. The molecule has 88 valence electrons. The minimum atomic E-state index is -0.348. The largest absolute Gasteiger partial charge is 0.398 e. The van der Waals surface area contributed by atoms with Gasteiger partial charge in [0.1, 0.15) is 0 Å². The quantitative estimate of drug-likeness (QED) is 0.728. The molecule has 0 radical (unpaired) electrons. The van der Waals surface area contributed by atoms with Crippen LogP contribution in [0.5, 0.6) is 0 Å².